The summed E-state index contributed by atoms with van der Waals surface area (Å²) in [4.78, 5) is 22.4. The third-order valence-corrected chi connectivity index (χ3v) is 5.24. The van der Waals surface area contributed by atoms with Crippen molar-refractivity contribution in [1.82, 2.24) is 14.9 Å². The number of nitrogens with zero attached hydrogens (tertiary/aromatic N) is 2. The van der Waals surface area contributed by atoms with Crippen LogP contribution in [0.4, 0.5) is 0 Å². The lowest BCUT2D eigenvalue weighted by Gasteiger charge is -2.28. The molecule has 1 atom stereocenters. The van der Waals surface area contributed by atoms with Crippen molar-refractivity contribution < 1.29 is 4.42 Å². The average molecular weight is 351 g/mol. The number of furan rings is 1. The highest BCUT2D eigenvalue weighted by Crippen LogP contribution is 2.32. The largest absolute Gasteiger partial charge is 0.464 e. The number of para-hydroxylation sites is 1. The number of hydrogen-bond donors (Lipinski definition) is 1. The van der Waals surface area contributed by atoms with E-state index in [-0.39, 0.29) is 11.6 Å². The minimum atomic E-state index is -0.0664. The van der Waals surface area contributed by atoms with Crippen LogP contribution in [0.3, 0.4) is 0 Å². The van der Waals surface area contributed by atoms with Crippen molar-refractivity contribution in [2.24, 2.45) is 0 Å². The number of hydrogen-bond acceptors (Lipinski definition) is 4. The molecule has 0 radical (unpaired) electrons. The number of nitrogens with one attached hydrogen (secondary N) is 1. The molecular formula is C21H25N3O2. The van der Waals surface area contributed by atoms with Gasteiger partial charge in [-0.2, -0.15) is 0 Å². The van der Waals surface area contributed by atoms with Gasteiger partial charge in [0.15, 0.2) is 0 Å². The Bertz CT molecular complexity index is 944. The van der Waals surface area contributed by atoms with E-state index in [2.05, 4.69) is 33.9 Å². The summed E-state index contributed by atoms with van der Waals surface area (Å²) < 4.78 is 6.06. The first-order valence-corrected chi connectivity index (χ1v) is 9.55. The first-order chi connectivity index (χ1) is 12.7. The molecule has 1 fully saturated rings. The maximum absolute atomic E-state index is 12.4. The molecule has 0 spiro atoms. The molecular weight excluding hydrogens is 326 g/mol. The molecule has 3 aromatic rings. The molecule has 0 saturated carbocycles. The molecule has 0 aliphatic carbocycles. The lowest BCUT2D eigenvalue weighted by Crippen LogP contribution is -2.29. The molecule has 0 amide bonds. The van der Waals surface area contributed by atoms with Crippen molar-refractivity contribution in [1.29, 1.82) is 0 Å². The maximum atomic E-state index is 12.4. The Hall–Kier alpha value is -2.40. The second-order valence-electron chi connectivity index (χ2n) is 7.02. The van der Waals surface area contributed by atoms with Gasteiger partial charge in [-0.25, -0.2) is 4.98 Å². The van der Waals surface area contributed by atoms with E-state index in [1.807, 2.05) is 24.3 Å². The summed E-state index contributed by atoms with van der Waals surface area (Å²) >= 11 is 0. The Kier molecular flexibility index (Phi) is 4.89. The predicted octanol–water partition coefficient (Wildman–Crippen LogP) is 4.20. The second-order valence-corrected chi connectivity index (χ2v) is 7.02. The molecule has 2 aromatic heterocycles. The normalized spacial score (nSPS) is 18.9. The third-order valence-electron chi connectivity index (χ3n) is 5.24. The molecule has 5 nitrogen and oxygen atoms in total. The molecule has 4 rings (SSSR count). The Balaban J connectivity index is 1.64. The second kappa shape index (κ2) is 7.46. The quantitative estimate of drug-likeness (QED) is 0.765. The zero-order valence-corrected chi connectivity index (χ0v) is 15.2. The maximum Gasteiger partial charge on any atom is 0.258 e. The van der Waals surface area contributed by atoms with Crippen molar-refractivity contribution in [3.05, 3.63) is 64.1 Å². The monoisotopic (exact) mass is 351 g/mol. The number of aromatic amines is 1. The highest BCUT2D eigenvalue weighted by Gasteiger charge is 2.26. The molecule has 136 valence electrons. The standard InChI is InChI=1S/C21H25N3O2/c1-2-15-11-12-19(26-15)18-10-4-3-7-13-24(18)14-20-22-17-9-6-5-8-16(17)21(25)23-20/h5-6,8-9,11-12,18H,2-4,7,10,13-14H2,1H3,(H,22,23,25). The number of rotatable bonds is 4. The third kappa shape index (κ3) is 3.44. The molecule has 3 heterocycles. The van der Waals surface area contributed by atoms with Gasteiger partial charge in [0.2, 0.25) is 0 Å². The molecule has 5 heteroatoms. The van der Waals surface area contributed by atoms with E-state index in [1.54, 1.807) is 0 Å². The first kappa shape index (κ1) is 17.0. The number of aromatic nitrogens is 2. The SMILES string of the molecule is CCc1ccc(C2CCCCCN2Cc2nc3ccccc3c(=O)[nH]2)o1. The van der Waals surface area contributed by atoms with E-state index in [4.69, 9.17) is 4.42 Å². The van der Waals surface area contributed by atoms with E-state index in [0.717, 1.165) is 48.7 Å². The van der Waals surface area contributed by atoms with Crippen molar-refractivity contribution in [3.8, 4) is 0 Å². The zero-order valence-electron chi connectivity index (χ0n) is 15.2. The molecule has 1 N–H and O–H groups in total. The number of benzene rings is 1. The van der Waals surface area contributed by atoms with Gasteiger partial charge in [0, 0.05) is 6.42 Å². The van der Waals surface area contributed by atoms with Crippen LogP contribution < -0.4 is 5.56 Å². The van der Waals surface area contributed by atoms with Crippen LogP contribution >= 0.6 is 0 Å². The van der Waals surface area contributed by atoms with Gasteiger partial charge in [0.05, 0.1) is 23.5 Å². The van der Waals surface area contributed by atoms with E-state index in [1.165, 1.54) is 12.8 Å². The highest BCUT2D eigenvalue weighted by atomic mass is 16.3. The Morgan fingerprint density at radius 2 is 2.08 bits per heavy atom. The van der Waals surface area contributed by atoms with Crippen LogP contribution in [0.5, 0.6) is 0 Å². The van der Waals surface area contributed by atoms with Gasteiger partial charge in [-0.15, -0.1) is 0 Å². The molecule has 1 unspecified atom stereocenters. The lowest BCUT2D eigenvalue weighted by molar-refractivity contribution is 0.164. The van der Waals surface area contributed by atoms with Gasteiger partial charge < -0.3 is 9.40 Å². The summed E-state index contributed by atoms with van der Waals surface area (Å²) in [5, 5.41) is 0.641. The molecule has 1 aromatic carbocycles. The van der Waals surface area contributed by atoms with E-state index >= 15 is 0 Å². The first-order valence-electron chi connectivity index (χ1n) is 9.55. The van der Waals surface area contributed by atoms with Gasteiger partial charge in [0.1, 0.15) is 17.3 Å². The van der Waals surface area contributed by atoms with Gasteiger partial charge in [0.25, 0.3) is 5.56 Å². The van der Waals surface area contributed by atoms with E-state index < -0.39 is 0 Å². The lowest BCUT2D eigenvalue weighted by atomic mass is 10.1. The van der Waals surface area contributed by atoms with E-state index in [9.17, 15) is 4.79 Å². The van der Waals surface area contributed by atoms with Gasteiger partial charge in [-0.3, -0.25) is 9.69 Å². The van der Waals surface area contributed by atoms with Gasteiger partial charge in [-0.1, -0.05) is 31.9 Å². The number of fused-ring (bicyclic) bond motifs is 1. The molecule has 1 aliphatic heterocycles. The number of likely N-dealkylation sites (tertiary alicyclic amines) is 1. The fraction of sp³-hybridized carbons (Fsp3) is 0.429. The average Bonchev–Trinajstić information content (AvgIpc) is 3.02. The highest BCUT2D eigenvalue weighted by molar-refractivity contribution is 5.77. The van der Waals surface area contributed by atoms with Crippen molar-refractivity contribution in [2.45, 2.75) is 51.6 Å². The van der Waals surface area contributed by atoms with Gasteiger partial charge >= 0.3 is 0 Å². The smallest absolute Gasteiger partial charge is 0.258 e. The van der Waals surface area contributed by atoms with E-state index in [0.29, 0.717) is 11.9 Å². The zero-order chi connectivity index (χ0) is 17.9. The van der Waals surface area contributed by atoms with Gasteiger partial charge in [-0.05, 0) is 43.7 Å². The van der Waals surface area contributed by atoms with Crippen LogP contribution in [-0.4, -0.2) is 21.4 Å². The summed E-state index contributed by atoms with van der Waals surface area (Å²) in [7, 11) is 0. The summed E-state index contributed by atoms with van der Waals surface area (Å²) in [6.45, 7) is 3.73. The molecule has 0 bridgehead atoms. The fourth-order valence-corrected chi connectivity index (χ4v) is 3.84. The summed E-state index contributed by atoms with van der Waals surface area (Å²) in [6, 6.07) is 11.9. The van der Waals surface area contributed by atoms with Crippen LogP contribution in [0, 0.1) is 0 Å². The topological polar surface area (TPSA) is 62.1 Å². The number of H-pyrrole nitrogens is 1. The number of aryl methyl sites for hydroxylation is 1. The minimum Gasteiger partial charge on any atom is -0.464 e. The van der Waals surface area contributed by atoms with Crippen molar-refractivity contribution >= 4 is 10.9 Å². The summed E-state index contributed by atoms with van der Waals surface area (Å²) in [6.07, 6.45) is 5.58. The van der Waals surface area contributed by atoms with Crippen LogP contribution in [0.1, 0.15) is 56.0 Å². The summed E-state index contributed by atoms with van der Waals surface area (Å²) in [5.41, 5.74) is 0.687. The molecule has 1 saturated heterocycles. The van der Waals surface area contributed by atoms with Crippen molar-refractivity contribution in [3.63, 3.8) is 0 Å². The Labute approximate surface area is 153 Å². The molecule has 1 aliphatic rings. The minimum absolute atomic E-state index is 0.0664. The summed E-state index contributed by atoms with van der Waals surface area (Å²) in [5.74, 6) is 2.79. The Morgan fingerprint density at radius 3 is 2.92 bits per heavy atom. The predicted molar refractivity (Wildman–Crippen MR) is 102 cm³/mol. The van der Waals surface area contributed by atoms with Crippen LogP contribution in [-0.2, 0) is 13.0 Å². The van der Waals surface area contributed by atoms with Crippen LogP contribution in [0.2, 0.25) is 0 Å². The Morgan fingerprint density at radius 1 is 1.19 bits per heavy atom. The fourth-order valence-electron chi connectivity index (χ4n) is 3.84. The van der Waals surface area contributed by atoms with Crippen molar-refractivity contribution in [2.75, 3.05) is 6.54 Å². The molecule has 26 heavy (non-hydrogen) atoms. The van der Waals surface area contributed by atoms with Crippen LogP contribution in [0.15, 0.2) is 45.6 Å². The van der Waals surface area contributed by atoms with Crippen LogP contribution in [0.25, 0.3) is 10.9 Å².